The SMILES string of the molecule is CCOC(=O)CCc1csc(NC2CCC(=O)NC2=O)n1. The molecule has 1 unspecified atom stereocenters. The van der Waals surface area contributed by atoms with Gasteiger partial charge in [-0.25, -0.2) is 4.98 Å². The minimum atomic E-state index is -0.438. The number of carbonyl (C=O) groups is 3. The zero-order valence-electron chi connectivity index (χ0n) is 11.7. The molecule has 1 aromatic heterocycles. The van der Waals surface area contributed by atoms with Crippen LogP contribution in [0.3, 0.4) is 0 Å². The van der Waals surface area contributed by atoms with Gasteiger partial charge < -0.3 is 10.1 Å². The Morgan fingerprint density at radius 1 is 1.57 bits per heavy atom. The number of imide groups is 1. The lowest BCUT2D eigenvalue weighted by atomic mass is 10.1. The van der Waals surface area contributed by atoms with Crippen molar-refractivity contribution in [2.24, 2.45) is 0 Å². The van der Waals surface area contributed by atoms with Crippen LogP contribution in [-0.2, 0) is 25.5 Å². The number of thiazole rings is 1. The molecule has 2 amide bonds. The third kappa shape index (κ3) is 4.52. The Balaban J connectivity index is 1.84. The van der Waals surface area contributed by atoms with E-state index in [0.29, 0.717) is 31.0 Å². The van der Waals surface area contributed by atoms with Crippen LogP contribution in [0, 0.1) is 0 Å². The lowest BCUT2D eigenvalue weighted by Gasteiger charge is -2.21. The van der Waals surface area contributed by atoms with Crippen molar-refractivity contribution in [2.75, 3.05) is 11.9 Å². The molecule has 2 rings (SSSR count). The molecule has 1 atom stereocenters. The Morgan fingerprint density at radius 3 is 3.10 bits per heavy atom. The number of piperidine rings is 1. The van der Waals surface area contributed by atoms with Crippen molar-refractivity contribution < 1.29 is 19.1 Å². The standard InChI is InChI=1S/C13H17N3O4S/c1-2-20-11(18)6-3-8-7-21-13(14-8)15-9-4-5-10(17)16-12(9)19/h7,9H,2-6H2,1H3,(H,14,15)(H,16,17,19). The number of hydrogen-bond acceptors (Lipinski definition) is 7. The van der Waals surface area contributed by atoms with E-state index in [0.717, 1.165) is 5.69 Å². The summed E-state index contributed by atoms with van der Waals surface area (Å²) in [4.78, 5) is 38.3. The predicted molar refractivity (Wildman–Crippen MR) is 76.9 cm³/mol. The van der Waals surface area contributed by atoms with E-state index in [9.17, 15) is 14.4 Å². The molecular formula is C13H17N3O4S. The van der Waals surface area contributed by atoms with E-state index in [1.54, 1.807) is 6.92 Å². The van der Waals surface area contributed by atoms with E-state index < -0.39 is 6.04 Å². The minimum absolute atomic E-state index is 0.243. The van der Waals surface area contributed by atoms with Gasteiger partial charge in [0.2, 0.25) is 11.8 Å². The summed E-state index contributed by atoms with van der Waals surface area (Å²) in [5, 5.41) is 7.75. The van der Waals surface area contributed by atoms with Gasteiger partial charge in [0.05, 0.1) is 18.7 Å². The zero-order chi connectivity index (χ0) is 15.2. The van der Waals surface area contributed by atoms with E-state index in [2.05, 4.69) is 15.6 Å². The Hall–Kier alpha value is -1.96. The van der Waals surface area contributed by atoms with Gasteiger partial charge in [-0.05, 0) is 13.3 Å². The first-order valence-electron chi connectivity index (χ1n) is 6.78. The van der Waals surface area contributed by atoms with Crippen LogP contribution in [0.4, 0.5) is 5.13 Å². The average molecular weight is 311 g/mol. The van der Waals surface area contributed by atoms with Gasteiger partial charge in [-0.3, -0.25) is 19.7 Å². The van der Waals surface area contributed by atoms with Crippen LogP contribution in [-0.4, -0.2) is 35.4 Å². The summed E-state index contributed by atoms with van der Waals surface area (Å²) < 4.78 is 4.85. The molecule has 0 aromatic carbocycles. The number of amides is 2. The van der Waals surface area contributed by atoms with Crippen molar-refractivity contribution in [3.05, 3.63) is 11.1 Å². The van der Waals surface area contributed by atoms with E-state index in [4.69, 9.17) is 4.74 Å². The van der Waals surface area contributed by atoms with Crippen LogP contribution < -0.4 is 10.6 Å². The lowest BCUT2D eigenvalue weighted by molar-refractivity contribution is -0.143. The molecule has 0 aliphatic carbocycles. The van der Waals surface area contributed by atoms with Gasteiger partial charge in [0.25, 0.3) is 0 Å². The Labute approximate surface area is 126 Å². The molecule has 0 saturated carbocycles. The van der Waals surface area contributed by atoms with Crippen LogP contribution in [0.1, 0.15) is 31.9 Å². The number of rotatable bonds is 6. The molecule has 8 heteroatoms. The number of anilines is 1. The van der Waals surface area contributed by atoms with Crippen molar-refractivity contribution in [3.8, 4) is 0 Å². The van der Waals surface area contributed by atoms with Crippen LogP contribution in [0.5, 0.6) is 0 Å². The monoisotopic (exact) mass is 311 g/mol. The van der Waals surface area contributed by atoms with Crippen molar-refractivity contribution in [1.29, 1.82) is 0 Å². The molecule has 1 fully saturated rings. The second-order valence-electron chi connectivity index (χ2n) is 4.60. The van der Waals surface area contributed by atoms with Crippen molar-refractivity contribution in [2.45, 2.75) is 38.6 Å². The number of nitrogens with one attached hydrogen (secondary N) is 2. The number of aryl methyl sites for hydroxylation is 1. The highest BCUT2D eigenvalue weighted by Gasteiger charge is 2.26. The van der Waals surface area contributed by atoms with Gasteiger partial charge in [-0.2, -0.15) is 0 Å². The Morgan fingerprint density at radius 2 is 2.38 bits per heavy atom. The van der Waals surface area contributed by atoms with Crippen molar-refractivity contribution in [1.82, 2.24) is 10.3 Å². The molecule has 2 N–H and O–H groups in total. The summed E-state index contributed by atoms with van der Waals surface area (Å²) in [6, 6.07) is -0.438. The summed E-state index contributed by atoms with van der Waals surface area (Å²) in [6.07, 6.45) is 1.58. The molecule has 21 heavy (non-hydrogen) atoms. The first-order chi connectivity index (χ1) is 10.1. The third-order valence-corrected chi connectivity index (χ3v) is 3.80. The highest BCUT2D eigenvalue weighted by atomic mass is 32.1. The van der Waals surface area contributed by atoms with Gasteiger partial charge in [-0.1, -0.05) is 0 Å². The predicted octanol–water partition coefficient (Wildman–Crippen LogP) is 0.856. The fourth-order valence-electron chi connectivity index (χ4n) is 1.93. The Bertz CT molecular complexity index is 543. The molecule has 0 radical (unpaired) electrons. The first kappa shape index (κ1) is 15.4. The number of carbonyl (C=O) groups excluding carboxylic acids is 3. The summed E-state index contributed by atoms with van der Waals surface area (Å²) in [5.41, 5.74) is 0.780. The molecule has 2 heterocycles. The second-order valence-corrected chi connectivity index (χ2v) is 5.46. The maximum absolute atomic E-state index is 11.6. The van der Waals surface area contributed by atoms with Crippen LogP contribution in [0.15, 0.2) is 5.38 Å². The quantitative estimate of drug-likeness (QED) is 0.597. The van der Waals surface area contributed by atoms with Gasteiger partial charge in [0.15, 0.2) is 5.13 Å². The van der Waals surface area contributed by atoms with E-state index >= 15 is 0 Å². The molecule has 114 valence electrons. The Kier molecular flexibility index (Phi) is 5.26. The highest BCUT2D eigenvalue weighted by molar-refractivity contribution is 7.13. The van der Waals surface area contributed by atoms with E-state index in [1.807, 2.05) is 5.38 Å². The highest BCUT2D eigenvalue weighted by Crippen LogP contribution is 2.19. The summed E-state index contributed by atoms with van der Waals surface area (Å²) in [5.74, 6) is -0.813. The number of ether oxygens (including phenoxy) is 1. The van der Waals surface area contributed by atoms with Crippen LogP contribution in [0.2, 0.25) is 0 Å². The summed E-state index contributed by atoms with van der Waals surface area (Å²) in [6.45, 7) is 2.14. The molecule has 0 spiro atoms. The first-order valence-corrected chi connectivity index (χ1v) is 7.66. The molecule has 1 saturated heterocycles. The maximum Gasteiger partial charge on any atom is 0.306 e. The summed E-state index contributed by atoms with van der Waals surface area (Å²) >= 11 is 1.37. The average Bonchev–Trinajstić information content (AvgIpc) is 2.88. The molecule has 1 aliphatic heterocycles. The number of esters is 1. The van der Waals surface area contributed by atoms with Gasteiger partial charge in [0, 0.05) is 18.2 Å². The molecule has 1 aromatic rings. The van der Waals surface area contributed by atoms with Crippen LogP contribution in [0.25, 0.3) is 0 Å². The number of nitrogens with zero attached hydrogens (tertiary/aromatic N) is 1. The normalized spacial score (nSPS) is 18.2. The van der Waals surface area contributed by atoms with Crippen molar-refractivity contribution in [3.63, 3.8) is 0 Å². The number of hydrogen-bond donors (Lipinski definition) is 2. The fraction of sp³-hybridized carbons (Fsp3) is 0.538. The second kappa shape index (κ2) is 7.16. The third-order valence-electron chi connectivity index (χ3n) is 2.98. The molecular weight excluding hydrogens is 294 g/mol. The van der Waals surface area contributed by atoms with Gasteiger partial charge >= 0.3 is 5.97 Å². The summed E-state index contributed by atoms with van der Waals surface area (Å²) in [7, 11) is 0. The van der Waals surface area contributed by atoms with E-state index in [-0.39, 0.29) is 24.2 Å². The molecule has 7 nitrogen and oxygen atoms in total. The zero-order valence-corrected chi connectivity index (χ0v) is 12.5. The largest absolute Gasteiger partial charge is 0.466 e. The maximum atomic E-state index is 11.6. The van der Waals surface area contributed by atoms with Crippen molar-refractivity contribution >= 4 is 34.3 Å². The van der Waals surface area contributed by atoms with Gasteiger partial charge in [-0.15, -0.1) is 11.3 Å². The fourth-order valence-corrected chi connectivity index (χ4v) is 2.73. The molecule has 0 bridgehead atoms. The minimum Gasteiger partial charge on any atom is -0.466 e. The van der Waals surface area contributed by atoms with Gasteiger partial charge in [0.1, 0.15) is 6.04 Å². The number of aromatic nitrogens is 1. The lowest BCUT2D eigenvalue weighted by Crippen LogP contribution is -2.47. The topological polar surface area (TPSA) is 97.4 Å². The molecule has 1 aliphatic rings. The smallest absolute Gasteiger partial charge is 0.306 e. The van der Waals surface area contributed by atoms with Crippen LogP contribution >= 0.6 is 11.3 Å². The van der Waals surface area contributed by atoms with E-state index in [1.165, 1.54) is 11.3 Å².